The molecule has 2 aromatic carbocycles. The van der Waals surface area contributed by atoms with Gasteiger partial charge in [-0.25, -0.2) is 12.8 Å². The van der Waals surface area contributed by atoms with Crippen molar-refractivity contribution in [1.82, 2.24) is 14.5 Å². The molecule has 3 aliphatic rings. The third kappa shape index (κ3) is 9.17. The number of aryl methyl sites for hydroxylation is 2. The standard InChI is InChI=1S/C36H39F9N4O6S/c1-22-18-25(30(50)48-12-8-32(52,21-37)9-13-48)19-23(2)26(22)6-17-56(53,54)49-14-10-33(11-15-49)31(51)46-29(47-33)24-4-5-28(27(20-24)35(40,41)42)55-16-3-7-34(38,39)36(43,44)45/h4-6,17-20,52H,3,7-16,21H2,1-2H3,(H,46,47,51). The molecule has 10 nitrogen and oxygen atoms in total. The van der Waals surface area contributed by atoms with E-state index in [2.05, 4.69) is 10.3 Å². The van der Waals surface area contributed by atoms with Gasteiger partial charge in [0, 0.05) is 49.1 Å². The Balaban J connectivity index is 1.23. The molecule has 0 saturated carbocycles. The number of nitrogens with one attached hydrogen (secondary N) is 1. The first kappa shape index (κ1) is 43.0. The van der Waals surface area contributed by atoms with E-state index < -0.39 is 82.8 Å². The number of aliphatic imine (C=N–C) groups is 1. The minimum atomic E-state index is -5.82. The molecule has 20 heteroatoms. The number of hydrogen-bond acceptors (Lipinski definition) is 7. The molecule has 0 aliphatic carbocycles. The number of amides is 2. The Morgan fingerprint density at radius 3 is 2.12 bits per heavy atom. The van der Waals surface area contributed by atoms with Gasteiger partial charge in [0.15, 0.2) is 0 Å². The summed E-state index contributed by atoms with van der Waals surface area (Å²) in [5.74, 6) is -7.07. The third-order valence-corrected chi connectivity index (χ3v) is 11.8. The Morgan fingerprint density at radius 1 is 0.964 bits per heavy atom. The fourth-order valence-corrected chi connectivity index (χ4v) is 7.96. The van der Waals surface area contributed by atoms with Gasteiger partial charge in [-0.05, 0) is 99.0 Å². The number of aliphatic hydroxyl groups is 1. The van der Waals surface area contributed by atoms with Crippen LogP contribution >= 0.6 is 0 Å². The van der Waals surface area contributed by atoms with Crippen LogP contribution in [0.1, 0.15) is 76.7 Å². The first-order chi connectivity index (χ1) is 25.9. The van der Waals surface area contributed by atoms with E-state index in [0.29, 0.717) is 28.3 Å². The smallest absolute Gasteiger partial charge is 0.453 e. The first-order valence-corrected chi connectivity index (χ1v) is 19.0. The summed E-state index contributed by atoms with van der Waals surface area (Å²) in [6, 6.07) is 5.76. The quantitative estimate of drug-likeness (QED) is 0.202. The van der Waals surface area contributed by atoms with Gasteiger partial charge in [-0.2, -0.15) is 39.4 Å². The maximum Gasteiger partial charge on any atom is 0.453 e. The number of piperidine rings is 2. The van der Waals surface area contributed by atoms with Gasteiger partial charge in [0.05, 0.1) is 17.8 Å². The fourth-order valence-electron chi connectivity index (χ4n) is 6.79. The summed E-state index contributed by atoms with van der Waals surface area (Å²) >= 11 is 0. The van der Waals surface area contributed by atoms with Gasteiger partial charge in [0.1, 0.15) is 23.8 Å². The molecule has 3 heterocycles. The van der Waals surface area contributed by atoms with E-state index in [1.165, 1.54) is 11.0 Å². The predicted octanol–water partition coefficient (Wildman–Crippen LogP) is 6.33. The molecule has 0 bridgehead atoms. The number of ether oxygens (including phenoxy) is 1. The molecule has 0 aromatic heterocycles. The zero-order valence-corrected chi connectivity index (χ0v) is 31.0. The number of halogens is 9. The van der Waals surface area contributed by atoms with Crippen molar-refractivity contribution in [3.63, 3.8) is 0 Å². The van der Waals surface area contributed by atoms with Crippen LogP contribution in [0, 0.1) is 13.8 Å². The first-order valence-electron chi connectivity index (χ1n) is 17.5. The van der Waals surface area contributed by atoms with Gasteiger partial charge >= 0.3 is 18.3 Å². The van der Waals surface area contributed by atoms with E-state index in [1.54, 1.807) is 26.0 Å². The van der Waals surface area contributed by atoms with E-state index in [1.807, 2.05) is 0 Å². The van der Waals surface area contributed by atoms with E-state index >= 15 is 0 Å². The third-order valence-electron chi connectivity index (χ3n) is 10.2. The predicted molar refractivity (Wildman–Crippen MR) is 185 cm³/mol. The van der Waals surface area contributed by atoms with E-state index in [9.17, 15) is 62.6 Å². The van der Waals surface area contributed by atoms with Crippen LogP contribution in [0.2, 0.25) is 0 Å². The molecule has 0 atom stereocenters. The van der Waals surface area contributed by atoms with Crippen LogP contribution in [0.3, 0.4) is 0 Å². The number of sulfonamides is 1. The van der Waals surface area contributed by atoms with Crippen molar-refractivity contribution in [2.75, 3.05) is 39.5 Å². The van der Waals surface area contributed by atoms with Gasteiger partial charge in [-0.3, -0.25) is 14.6 Å². The number of rotatable bonds is 11. The maximum atomic E-state index is 13.9. The van der Waals surface area contributed by atoms with Crippen LogP contribution < -0.4 is 10.1 Å². The topological polar surface area (TPSA) is 129 Å². The van der Waals surface area contributed by atoms with Crippen LogP contribution in [0.4, 0.5) is 39.5 Å². The number of likely N-dealkylation sites (tertiary alicyclic amines) is 1. The number of benzene rings is 2. The highest BCUT2D eigenvalue weighted by atomic mass is 32.2. The molecule has 308 valence electrons. The summed E-state index contributed by atoms with van der Waals surface area (Å²) in [7, 11) is -4.05. The van der Waals surface area contributed by atoms with E-state index in [0.717, 1.165) is 21.8 Å². The van der Waals surface area contributed by atoms with E-state index in [4.69, 9.17) is 4.74 Å². The molecule has 1 spiro atoms. The van der Waals surface area contributed by atoms with Crippen LogP contribution in [0.5, 0.6) is 5.75 Å². The summed E-state index contributed by atoms with van der Waals surface area (Å²) < 4.78 is 151. The monoisotopic (exact) mass is 826 g/mol. The molecule has 2 fully saturated rings. The number of carbonyl (C=O) groups excluding carboxylic acids is 2. The zero-order valence-electron chi connectivity index (χ0n) is 30.2. The number of amidine groups is 1. The fraction of sp³-hybridized carbons (Fsp3) is 0.528. The number of carbonyl (C=O) groups is 2. The van der Waals surface area contributed by atoms with Crippen molar-refractivity contribution < 1.29 is 67.4 Å². The number of nitrogens with zero attached hydrogens (tertiary/aromatic N) is 3. The number of alkyl halides is 9. The molecule has 2 amide bonds. The summed E-state index contributed by atoms with van der Waals surface area (Å²) in [6.07, 6.45) is -12.1. The minimum absolute atomic E-state index is 0.105. The Morgan fingerprint density at radius 2 is 1.57 bits per heavy atom. The van der Waals surface area contributed by atoms with Crippen molar-refractivity contribution in [2.45, 2.75) is 81.8 Å². The van der Waals surface area contributed by atoms with Gasteiger partial charge in [0.25, 0.3) is 11.8 Å². The van der Waals surface area contributed by atoms with Gasteiger partial charge in [-0.15, -0.1) is 0 Å². The van der Waals surface area contributed by atoms with Crippen LogP contribution in [-0.4, -0.2) is 103 Å². The van der Waals surface area contributed by atoms with Crippen molar-refractivity contribution in [1.29, 1.82) is 0 Å². The second kappa shape index (κ2) is 15.6. The van der Waals surface area contributed by atoms with Crippen LogP contribution in [0.25, 0.3) is 6.08 Å². The SMILES string of the molecule is Cc1cc(C(=O)N2CCC(O)(CF)CC2)cc(C)c1C=CS(=O)(=O)N1CCC2(CC1)N=C(c1ccc(OCCCC(F)(F)C(F)(F)F)c(C(F)(F)F)c1)NC2=O. The maximum absolute atomic E-state index is 13.9. The van der Waals surface area contributed by atoms with Crippen molar-refractivity contribution in [3.8, 4) is 5.75 Å². The summed E-state index contributed by atoms with van der Waals surface area (Å²) in [4.78, 5) is 32.1. The summed E-state index contributed by atoms with van der Waals surface area (Å²) in [6.45, 7) is 1.68. The average Bonchev–Trinajstić information content (AvgIpc) is 3.43. The molecule has 5 rings (SSSR count). The van der Waals surface area contributed by atoms with E-state index in [-0.39, 0.29) is 69.2 Å². The van der Waals surface area contributed by atoms with Gasteiger partial charge in [-0.1, -0.05) is 0 Å². The van der Waals surface area contributed by atoms with Gasteiger partial charge in [0.2, 0.25) is 10.0 Å². The molecule has 2 aromatic rings. The Hall–Kier alpha value is -4.17. The summed E-state index contributed by atoms with van der Waals surface area (Å²) in [5, 5.41) is 13.6. The normalized spacial score (nSPS) is 19.4. The lowest BCUT2D eigenvalue weighted by Gasteiger charge is -2.36. The molecular formula is C36H39F9N4O6S. The van der Waals surface area contributed by atoms with Crippen molar-refractivity contribution in [2.24, 2.45) is 4.99 Å². The second-order valence-electron chi connectivity index (χ2n) is 14.2. The second-order valence-corrected chi connectivity index (χ2v) is 16.0. The summed E-state index contributed by atoms with van der Waals surface area (Å²) in [5.41, 5.74) is -2.40. The highest BCUT2D eigenvalue weighted by Gasteiger charge is 2.56. The lowest BCUT2D eigenvalue weighted by atomic mass is 9.89. The largest absolute Gasteiger partial charge is 0.493 e. The van der Waals surface area contributed by atoms with Crippen LogP contribution in [0.15, 0.2) is 40.7 Å². The molecule has 3 aliphatic heterocycles. The Kier molecular flexibility index (Phi) is 12.0. The molecule has 2 N–H and O–H groups in total. The number of hydrogen-bond donors (Lipinski definition) is 2. The average molecular weight is 827 g/mol. The van der Waals surface area contributed by atoms with Gasteiger partial charge < -0.3 is 20.1 Å². The molecule has 0 unspecified atom stereocenters. The van der Waals surface area contributed by atoms with Crippen LogP contribution in [-0.2, 0) is 21.0 Å². The minimum Gasteiger partial charge on any atom is -0.493 e. The molecule has 56 heavy (non-hydrogen) atoms. The zero-order chi connectivity index (χ0) is 41.5. The molecule has 2 saturated heterocycles. The lowest BCUT2D eigenvalue weighted by molar-refractivity contribution is -0.284. The lowest BCUT2D eigenvalue weighted by Crippen LogP contribution is -2.50. The van der Waals surface area contributed by atoms with Crippen molar-refractivity contribution in [3.05, 3.63) is 69.1 Å². The Bertz CT molecular complexity index is 1980. The molecular weight excluding hydrogens is 787 g/mol. The highest BCUT2D eigenvalue weighted by Crippen LogP contribution is 2.41. The Labute approximate surface area is 316 Å². The van der Waals surface area contributed by atoms with Crippen molar-refractivity contribution >= 4 is 33.7 Å². The highest BCUT2D eigenvalue weighted by molar-refractivity contribution is 7.92. The molecule has 0 radical (unpaired) electrons.